The van der Waals surface area contributed by atoms with Gasteiger partial charge in [0.1, 0.15) is 5.82 Å². The van der Waals surface area contributed by atoms with Gasteiger partial charge in [0.15, 0.2) is 0 Å². The fourth-order valence-corrected chi connectivity index (χ4v) is 3.09. The van der Waals surface area contributed by atoms with Gasteiger partial charge in [-0.1, -0.05) is 13.3 Å². The quantitative estimate of drug-likeness (QED) is 0.832. The molecule has 2 heterocycles. The van der Waals surface area contributed by atoms with Gasteiger partial charge < -0.3 is 5.32 Å². The van der Waals surface area contributed by atoms with E-state index in [0.29, 0.717) is 5.41 Å². The first-order valence-electron chi connectivity index (χ1n) is 5.16. The Labute approximate surface area is 92.2 Å². The minimum absolute atomic E-state index is 0.431. The minimum Gasteiger partial charge on any atom is -0.369 e. The number of fused-ring (bicyclic) bond motifs is 2. The van der Waals surface area contributed by atoms with E-state index >= 15 is 0 Å². The Hall–Kier alpha value is -0.570. The normalized spacial score (nSPS) is 32.9. The number of pyridine rings is 1. The number of anilines is 1. The molecule has 14 heavy (non-hydrogen) atoms. The fraction of sp³-hybridized carbons (Fsp3) is 0.545. The summed E-state index contributed by atoms with van der Waals surface area (Å²) in [6.07, 6.45) is 4.49. The van der Waals surface area contributed by atoms with E-state index in [4.69, 9.17) is 0 Å². The van der Waals surface area contributed by atoms with Crippen LogP contribution in [0.25, 0.3) is 0 Å². The molecule has 1 spiro atoms. The molecule has 1 N–H and O–H groups in total. The molecule has 0 radical (unpaired) electrons. The van der Waals surface area contributed by atoms with Crippen LogP contribution < -0.4 is 5.32 Å². The Morgan fingerprint density at radius 2 is 2.57 bits per heavy atom. The molecular formula is C11H13BrN2. The van der Waals surface area contributed by atoms with Crippen molar-refractivity contribution in [2.75, 3.05) is 11.9 Å². The van der Waals surface area contributed by atoms with Crippen LogP contribution in [0.15, 0.2) is 16.7 Å². The van der Waals surface area contributed by atoms with Crippen LogP contribution in [0, 0.1) is 5.92 Å². The van der Waals surface area contributed by atoms with Crippen LogP contribution in [0.1, 0.15) is 25.3 Å². The number of aromatic nitrogens is 1. The molecule has 0 bridgehead atoms. The maximum atomic E-state index is 4.41. The second-order valence-corrected chi connectivity index (χ2v) is 5.28. The fourth-order valence-electron chi connectivity index (χ4n) is 2.76. The summed E-state index contributed by atoms with van der Waals surface area (Å²) in [7, 11) is 0. The average Bonchev–Trinajstić information content (AvgIpc) is 2.80. The molecule has 1 aliphatic carbocycles. The lowest BCUT2D eigenvalue weighted by atomic mass is 9.96. The highest BCUT2D eigenvalue weighted by atomic mass is 79.9. The van der Waals surface area contributed by atoms with E-state index in [1.165, 1.54) is 18.4 Å². The van der Waals surface area contributed by atoms with Crippen LogP contribution in [-0.4, -0.2) is 11.5 Å². The highest BCUT2D eigenvalue weighted by Crippen LogP contribution is 2.60. The van der Waals surface area contributed by atoms with Gasteiger partial charge in [0, 0.05) is 28.2 Å². The van der Waals surface area contributed by atoms with Crippen LogP contribution in [0.4, 0.5) is 5.82 Å². The molecule has 0 amide bonds. The zero-order valence-electron chi connectivity index (χ0n) is 8.18. The van der Waals surface area contributed by atoms with Crippen molar-refractivity contribution >= 4 is 21.7 Å². The van der Waals surface area contributed by atoms with Crippen molar-refractivity contribution in [2.24, 2.45) is 5.92 Å². The molecule has 3 heteroatoms. The summed E-state index contributed by atoms with van der Waals surface area (Å²) in [6, 6.07) is 2.23. The Kier molecular flexibility index (Phi) is 1.69. The zero-order chi connectivity index (χ0) is 9.76. The van der Waals surface area contributed by atoms with E-state index in [2.05, 4.69) is 39.2 Å². The predicted molar refractivity (Wildman–Crippen MR) is 60.5 cm³/mol. The van der Waals surface area contributed by atoms with Crippen LogP contribution in [0.5, 0.6) is 0 Å². The summed E-state index contributed by atoms with van der Waals surface area (Å²) in [5.74, 6) is 1.97. The van der Waals surface area contributed by atoms with E-state index in [1.807, 2.05) is 6.20 Å². The smallest absolute Gasteiger partial charge is 0.129 e. The molecule has 1 aromatic heterocycles. The summed E-state index contributed by atoms with van der Waals surface area (Å²) < 4.78 is 1.10. The van der Waals surface area contributed by atoms with Gasteiger partial charge in [0.2, 0.25) is 0 Å². The van der Waals surface area contributed by atoms with Gasteiger partial charge in [-0.25, -0.2) is 4.98 Å². The Bertz CT molecular complexity index is 391. The van der Waals surface area contributed by atoms with Crippen molar-refractivity contribution in [3.05, 3.63) is 22.3 Å². The first kappa shape index (κ1) is 8.72. The second kappa shape index (κ2) is 2.72. The highest BCUT2D eigenvalue weighted by Gasteiger charge is 2.57. The van der Waals surface area contributed by atoms with E-state index in [1.54, 1.807) is 0 Å². The average molecular weight is 253 g/mol. The SMILES string of the molecule is CCC1CC12CNc1ncc(Br)cc12. The third-order valence-electron chi connectivity index (χ3n) is 3.69. The summed E-state index contributed by atoms with van der Waals surface area (Å²) in [5, 5.41) is 3.41. The van der Waals surface area contributed by atoms with Crippen LogP contribution >= 0.6 is 15.9 Å². The summed E-state index contributed by atoms with van der Waals surface area (Å²) in [4.78, 5) is 4.41. The predicted octanol–water partition coefficient (Wildman–Crippen LogP) is 2.94. The summed E-state index contributed by atoms with van der Waals surface area (Å²) in [6.45, 7) is 3.37. The van der Waals surface area contributed by atoms with Crippen LogP contribution in [0.3, 0.4) is 0 Å². The van der Waals surface area contributed by atoms with Crippen molar-refractivity contribution in [1.82, 2.24) is 4.98 Å². The lowest BCUT2D eigenvalue weighted by molar-refractivity contribution is 0.638. The number of halogens is 1. The topological polar surface area (TPSA) is 24.9 Å². The molecule has 1 fully saturated rings. The number of rotatable bonds is 1. The molecule has 1 aliphatic heterocycles. The molecule has 1 aromatic rings. The lowest BCUT2D eigenvalue weighted by Gasteiger charge is -2.08. The molecular weight excluding hydrogens is 240 g/mol. The minimum atomic E-state index is 0.431. The highest BCUT2D eigenvalue weighted by molar-refractivity contribution is 9.10. The van der Waals surface area contributed by atoms with Crippen molar-refractivity contribution in [3.63, 3.8) is 0 Å². The van der Waals surface area contributed by atoms with Crippen LogP contribution in [-0.2, 0) is 5.41 Å². The maximum Gasteiger partial charge on any atom is 0.129 e. The molecule has 0 aromatic carbocycles. The van der Waals surface area contributed by atoms with Crippen LogP contribution in [0.2, 0.25) is 0 Å². The molecule has 1 saturated carbocycles. The molecule has 2 nitrogen and oxygen atoms in total. The molecule has 2 unspecified atom stereocenters. The molecule has 2 atom stereocenters. The maximum absolute atomic E-state index is 4.41. The molecule has 74 valence electrons. The number of nitrogens with one attached hydrogen (secondary N) is 1. The van der Waals surface area contributed by atoms with Gasteiger partial charge in [-0.2, -0.15) is 0 Å². The molecule has 0 saturated heterocycles. The van der Waals surface area contributed by atoms with Crippen molar-refractivity contribution < 1.29 is 0 Å². The van der Waals surface area contributed by atoms with Gasteiger partial charge in [0.05, 0.1) is 0 Å². The van der Waals surface area contributed by atoms with E-state index in [0.717, 1.165) is 22.8 Å². The van der Waals surface area contributed by atoms with E-state index < -0.39 is 0 Å². The first-order valence-corrected chi connectivity index (χ1v) is 5.95. The van der Waals surface area contributed by atoms with Gasteiger partial charge in [-0.3, -0.25) is 0 Å². The van der Waals surface area contributed by atoms with Crippen molar-refractivity contribution in [2.45, 2.75) is 25.2 Å². The van der Waals surface area contributed by atoms with Gasteiger partial charge in [0.25, 0.3) is 0 Å². The largest absolute Gasteiger partial charge is 0.369 e. The van der Waals surface area contributed by atoms with Crippen molar-refractivity contribution in [1.29, 1.82) is 0 Å². The standard InChI is InChI=1S/C11H13BrN2/c1-2-7-4-11(7)6-14-10-9(11)3-8(12)5-13-10/h3,5,7H,2,4,6H2,1H3,(H,13,14). The summed E-state index contributed by atoms with van der Waals surface area (Å²) >= 11 is 3.50. The lowest BCUT2D eigenvalue weighted by Crippen LogP contribution is -2.12. The van der Waals surface area contributed by atoms with E-state index in [9.17, 15) is 0 Å². The second-order valence-electron chi connectivity index (χ2n) is 4.37. The molecule has 2 aliphatic rings. The third kappa shape index (κ3) is 0.991. The van der Waals surface area contributed by atoms with E-state index in [-0.39, 0.29) is 0 Å². The Morgan fingerprint density at radius 1 is 1.71 bits per heavy atom. The third-order valence-corrected chi connectivity index (χ3v) is 4.12. The Balaban J connectivity index is 2.06. The van der Waals surface area contributed by atoms with Gasteiger partial charge >= 0.3 is 0 Å². The Morgan fingerprint density at radius 3 is 3.29 bits per heavy atom. The van der Waals surface area contributed by atoms with Gasteiger partial charge in [-0.05, 0) is 34.3 Å². The zero-order valence-corrected chi connectivity index (χ0v) is 9.76. The summed E-state index contributed by atoms with van der Waals surface area (Å²) in [5.41, 5.74) is 1.86. The monoisotopic (exact) mass is 252 g/mol. The number of nitrogens with zero attached hydrogens (tertiary/aromatic N) is 1. The first-order chi connectivity index (χ1) is 6.76. The number of hydrogen-bond donors (Lipinski definition) is 1. The number of hydrogen-bond acceptors (Lipinski definition) is 2. The van der Waals surface area contributed by atoms with Crippen molar-refractivity contribution in [3.8, 4) is 0 Å². The molecule has 3 rings (SSSR count). The van der Waals surface area contributed by atoms with Gasteiger partial charge in [-0.15, -0.1) is 0 Å².